The van der Waals surface area contributed by atoms with E-state index in [4.69, 9.17) is 4.74 Å². The van der Waals surface area contributed by atoms with Gasteiger partial charge in [-0.05, 0) is 24.5 Å². The molecule has 1 aliphatic rings. The van der Waals surface area contributed by atoms with Crippen LogP contribution < -0.4 is 10.1 Å². The Balaban J connectivity index is 2.24. The number of nitrogens with one attached hydrogen (secondary N) is 1. The van der Waals surface area contributed by atoms with Crippen LogP contribution in [0.25, 0.3) is 0 Å². The van der Waals surface area contributed by atoms with Gasteiger partial charge in [0.2, 0.25) is 0 Å². The molecule has 0 aliphatic heterocycles. The minimum atomic E-state index is -0.398. The van der Waals surface area contributed by atoms with E-state index in [0.29, 0.717) is 23.4 Å². The normalized spacial score (nSPS) is 22.0. The third-order valence-electron chi connectivity index (χ3n) is 3.19. The molecule has 0 radical (unpaired) electrons. The van der Waals surface area contributed by atoms with E-state index in [2.05, 4.69) is 12.2 Å². The molecule has 5 nitrogen and oxygen atoms in total. The fourth-order valence-corrected chi connectivity index (χ4v) is 2.07. The maximum Gasteiger partial charge on any atom is 0.333 e. The van der Waals surface area contributed by atoms with E-state index in [1.54, 1.807) is 18.2 Å². The van der Waals surface area contributed by atoms with Crippen molar-refractivity contribution >= 4 is 11.4 Å². The van der Waals surface area contributed by atoms with Crippen molar-refractivity contribution in [1.29, 1.82) is 0 Å². The van der Waals surface area contributed by atoms with Crippen LogP contribution in [0.2, 0.25) is 0 Å². The van der Waals surface area contributed by atoms with E-state index in [0.717, 1.165) is 12.8 Å². The molecule has 1 saturated carbocycles. The van der Waals surface area contributed by atoms with Crippen LogP contribution in [0.1, 0.15) is 19.8 Å². The molecule has 2 rings (SSSR count). The van der Waals surface area contributed by atoms with Crippen molar-refractivity contribution in [2.75, 3.05) is 12.4 Å². The lowest BCUT2D eigenvalue weighted by Crippen LogP contribution is -2.07. The van der Waals surface area contributed by atoms with Gasteiger partial charge in [0.1, 0.15) is 5.69 Å². The number of hydrogen-bond acceptors (Lipinski definition) is 4. The SMILES string of the molecule is CCC1CC1Nc1cccc(OC)c1[N+](=O)[O-]. The van der Waals surface area contributed by atoms with Gasteiger partial charge in [0.05, 0.1) is 12.0 Å². The number of nitrogens with zero attached hydrogens (tertiary/aromatic N) is 1. The molecule has 0 saturated heterocycles. The molecule has 0 aromatic heterocycles. The fraction of sp³-hybridized carbons (Fsp3) is 0.500. The monoisotopic (exact) mass is 236 g/mol. The topological polar surface area (TPSA) is 64.4 Å². The van der Waals surface area contributed by atoms with Crippen LogP contribution in [0.3, 0.4) is 0 Å². The predicted octanol–water partition coefficient (Wildman–Crippen LogP) is 2.81. The van der Waals surface area contributed by atoms with Gasteiger partial charge in [-0.25, -0.2) is 0 Å². The molecule has 0 amide bonds. The average molecular weight is 236 g/mol. The lowest BCUT2D eigenvalue weighted by Gasteiger charge is -2.09. The van der Waals surface area contributed by atoms with E-state index in [1.807, 2.05) is 0 Å². The molecule has 0 bridgehead atoms. The summed E-state index contributed by atoms with van der Waals surface area (Å²) in [6.07, 6.45) is 2.19. The van der Waals surface area contributed by atoms with Gasteiger partial charge in [-0.2, -0.15) is 0 Å². The molecule has 2 unspecified atom stereocenters. The van der Waals surface area contributed by atoms with Gasteiger partial charge in [-0.1, -0.05) is 19.4 Å². The molecular weight excluding hydrogens is 220 g/mol. The largest absolute Gasteiger partial charge is 0.490 e. The first-order valence-electron chi connectivity index (χ1n) is 5.75. The molecule has 5 heteroatoms. The number of methoxy groups -OCH3 is 1. The van der Waals surface area contributed by atoms with Crippen LogP contribution in [0.15, 0.2) is 18.2 Å². The first kappa shape index (κ1) is 11.7. The molecule has 1 aromatic rings. The number of nitro groups is 1. The first-order valence-corrected chi connectivity index (χ1v) is 5.75. The number of para-hydroxylation sites is 1. The minimum Gasteiger partial charge on any atom is -0.490 e. The summed E-state index contributed by atoms with van der Waals surface area (Å²) < 4.78 is 5.02. The minimum absolute atomic E-state index is 0.0248. The zero-order valence-electron chi connectivity index (χ0n) is 9.97. The number of hydrogen-bond donors (Lipinski definition) is 1. The van der Waals surface area contributed by atoms with Gasteiger partial charge in [0, 0.05) is 6.04 Å². The first-order chi connectivity index (χ1) is 8.17. The lowest BCUT2D eigenvalue weighted by molar-refractivity contribution is -0.384. The maximum absolute atomic E-state index is 11.0. The molecule has 1 N–H and O–H groups in total. The second kappa shape index (κ2) is 4.61. The van der Waals surface area contributed by atoms with Crippen molar-refractivity contribution in [3.05, 3.63) is 28.3 Å². The Morgan fingerprint density at radius 3 is 2.88 bits per heavy atom. The number of benzene rings is 1. The second-order valence-electron chi connectivity index (χ2n) is 4.27. The molecule has 2 atom stereocenters. The Kier molecular flexibility index (Phi) is 3.17. The molecule has 0 heterocycles. The number of ether oxygens (including phenoxy) is 1. The Morgan fingerprint density at radius 1 is 1.59 bits per heavy atom. The molecular formula is C12H16N2O3. The third kappa shape index (κ3) is 2.33. The van der Waals surface area contributed by atoms with E-state index < -0.39 is 4.92 Å². The second-order valence-corrected chi connectivity index (χ2v) is 4.27. The Bertz CT molecular complexity index is 434. The maximum atomic E-state index is 11.0. The summed E-state index contributed by atoms with van der Waals surface area (Å²) in [6, 6.07) is 5.46. The van der Waals surface area contributed by atoms with Gasteiger partial charge < -0.3 is 10.1 Å². The van der Waals surface area contributed by atoms with E-state index in [-0.39, 0.29) is 5.69 Å². The van der Waals surface area contributed by atoms with Gasteiger partial charge in [-0.3, -0.25) is 10.1 Å². The summed E-state index contributed by atoms with van der Waals surface area (Å²) in [5.41, 5.74) is 0.576. The van der Waals surface area contributed by atoms with Crippen molar-refractivity contribution in [3.8, 4) is 5.75 Å². The quantitative estimate of drug-likeness (QED) is 0.630. The predicted molar refractivity (Wildman–Crippen MR) is 65.5 cm³/mol. The summed E-state index contributed by atoms with van der Waals surface area (Å²) in [6.45, 7) is 2.13. The molecule has 1 fully saturated rings. The van der Waals surface area contributed by atoms with E-state index >= 15 is 0 Å². The van der Waals surface area contributed by atoms with Crippen molar-refractivity contribution in [3.63, 3.8) is 0 Å². The zero-order chi connectivity index (χ0) is 12.4. The average Bonchev–Trinajstić information content (AvgIpc) is 3.06. The van der Waals surface area contributed by atoms with Crippen LogP contribution >= 0.6 is 0 Å². The summed E-state index contributed by atoms with van der Waals surface area (Å²) >= 11 is 0. The third-order valence-corrected chi connectivity index (χ3v) is 3.19. The van der Waals surface area contributed by atoms with E-state index in [9.17, 15) is 10.1 Å². The fourth-order valence-electron chi connectivity index (χ4n) is 2.07. The Labute approximate surface area is 99.9 Å². The number of anilines is 1. The molecule has 0 spiro atoms. The zero-order valence-corrected chi connectivity index (χ0v) is 9.97. The van der Waals surface area contributed by atoms with Crippen molar-refractivity contribution < 1.29 is 9.66 Å². The van der Waals surface area contributed by atoms with Crippen LogP contribution in [0, 0.1) is 16.0 Å². The summed E-state index contributed by atoms with van der Waals surface area (Å²) in [7, 11) is 1.44. The molecule has 1 aliphatic carbocycles. The van der Waals surface area contributed by atoms with Crippen LogP contribution in [0.4, 0.5) is 11.4 Å². The van der Waals surface area contributed by atoms with Gasteiger partial charge in [0.15, 0.2) is 5.75 Å². The Morgan fingerprint density at radius 2 is 2.35 bits per heavy atom. The lowest BCUT2D eigenvalue weighted by atomic mass is 10.2. The van der Waals surface area contributed by atoms with Crippen LogP contribution in [-0.4, -0.2) is 18.1 Å². The standard InChI is InChI=1S/C12H16N2O3/c1-3-8-7-10(8)13-9-5-4-6-11(17-2)12(9)14(15)16/h4-6,8,10,13H,3,7H2,1-2H3. The van der Waals surface area contributed by atoms with Crippen LogP contribution in [0.5, 0.6) is 5.75 Å². The number of rotatable bonds is 5. The smallest absolute Gasteiger partial charge is 0.333 e. The van der Waals surface area contributed by atoms with Crippen molar-refractivity contribution in [1.82, 2.24) is 0 Å². The van der Waals surface area contributed by atoms with Gasteiger partial charge in [0.25, 0.3) is 0 Å². The highest BCUT2D eigenvalue weighted by molar-refractivity contribution is 5.69. The van der Waals surface area contributed by atoms with Crippen molar-refractivity contribution in [2.45, 2.75) is 25.8 Å². The summed E-state index contributed by atoms with van der Waals surface area (Å²) in [5, 5.41) is 14.3. The summed E-state index contributed by atoms with van der Waals surface area (Å²) in [5.74, 6) is 0.939. The summed E-state index contributed by atoms with van der Waals surface area (Å²) in [4.78, 5) is 10.6. The van der Waals surface area contributed by atoms with Crippen molar-refractivity contribution in [2.24, 2.45) is 5.92 Å². The molecule has 1 aromatic carbocycles. The molecule has 92 valence electrons. The highest BCUT2D eigenvalue weighted by Crippen LogP contribution is 2.41. The van der Waals surface area contributed by atoms with Gasteiger partial charge >= 0.3 is 5.69 Å². The Hall–Kier alpha value is -1.78. The molecule has 17 heavy (non-hydrogen) atoms. The van der Waals surface area contributed by atoms with E-state index in [1.165, 1.54) is 7.11 Å². The number of nitro benzene ring substituents is 1. The van der Waals surface area contributed by atoms with Crippen LogP contribution in [-0.2, 0) is 0 Å². The highest BCUT2D eigenvalue weighted by Gasteiger charge is 2.36. The van der Waals surface area contributed by atoms with Gasteiger partial charge in [-0.15, -0.1) is 0 Å². The highest BCUT2D eigenvalue weighted by atomic mass is 16.6.